The number of hydrogen-bond donors (Lipinski definition) is 1. The fraction of sp³-hybridized carbons (Fsp3) is 0.200. The second-order valence-corrected chi connectivity index (χ2v) is 2.40. The van der Waals surface area contributed by atoms with Gasteiger partial charge in [-0.3, -0.25) is 0 Å². The number of hydrogen-bond acceptors (Lipinski definition) is 0. The largest absolute Gasteiger partial charge is 0.361 e. The molecule has 0 aliphatic carbocycles. The minimum absolute atomic E-state index is 0.858. The molecule has 0 aliphatic heterocycles. The molecule has 1 heteroatoms. The normalized spacial score (nSPS) is 9.45. The van der Waals surface area contributed by atoms with Crippen LogP contribution in [0.2, 0.25) is 0 Å². The molecule has 0 amide bonds. The summed E-state index contributed by atoms with van der Waals surface area (Å²) in [6, 6.07) is 5.08. The lowest BCUT2D eigenvalue weighted by Gasteiger charge is -1.89. The van der Waals surface area contributed by atoms with Crippen LogP contribution in [0, 0.1) is 6.07 Å². The third kappa shape index (κ3) is 2.11. The van der Waals surface area contributed by atoms with Crippen LogP contribution >= 0.6 is 0 Å². The highest BCUT2D eigenvalue weighted by molar-refractivity contribution is 5.15. The van der Waals surface area contributed by atoms with Crippen LogP contribution < -0.4 is 0 Å². The molecule has 0 spiro atoms. The van der Waals surface area contributed by atoms with Gasteiger partial charge in [0.2, 0.25) is 0 Å². The molecule has 0 unspecified atom stereocenters. The van der Waals surface area contributed by atoms with Crippen molar-refractivity contribution in [3.63, 3.8) is 0 Å². The van der Waals surface area contributed by atoms with E-state index in [0.29, 0.717) is 0 Å². The lowest BCUT2D eigenvalue weighted by atomic mass is 10.3. The Morgan fingerprint density at radius 3 is 2.73 bits per heavy atom. The summed E-state index contributed by atoms with van der Waals surface area (Å²) in [5, 5.41) is 0. The number of allylic oxidation sites excluding steroid dienone is 2. The van der Waals surface area contributed by atoms with E-state index in [2.05, 4.69) is 24.2 Å². The maximum absolute atomic E-state index is 3.66. The zero-order valence-electron chi connectivity index (χ0n) is 6.56. The first-order valence-corrected chi connectivity index (χ1v) is 3.67. The Morgan fingerprint density at radius 1 is 1.36 bits per heavy atom. The zero-order valence-corrected chi connectivity index (χ0v) is 6.56. The van der Waals surface area contributed by atoms with Gasteiger partial charge in [-0.15, -0.1) is 13.2 Å². The Hall–Kier alpha value is -1.24. The standard InChI is InChI=1S/C10H12N/c1-3-5-9-7-8-10(11-9)6-4-2/h3-4,7,11H,1-2,5-6H2. The van der Waals surface area contributed by atoms with Crippen molar-refractivity contribution in [3.05, 3.63) is 48.8 Å². The molecule has 0 bridgehead atoms. The van der Waals surface area contributed by atoms with E-state index in [9.17, 15) is 0 Å². The molecule has 0 saturated carbocycles. The summed E-state index contributed by atoms with van der Waals surface area (Å²) >= 11 is 0. The summed E-state index contributed by atoms with van der Waals surface area (Å²) < 4.78 is 0. The summed E-state index contributed by atoms with van der Waals surface area (Å²) in [5.41, 5.74) is 2.26. The SMILES string of the molecule is C=CCc1[c]cc(CC=C)[nH]1. The lowest BCUT2D eigenvalue weighted by molar-refractivity contribution is 1.07. The molecular formula is C10H12N. The van der Waals surface area contributed by atoms with Crippen LogP contribution in [0.5, 0.6) is 0 Å². The van der Waals surface area contributed by atoms with Crippen LogP contribution in [0.25, 0.3) is 0 Å². The van der Waals surface area contributed by atoms with Crippen LogP contribution in [0.15, 0.2) is 31.4 Å². The second kappa shape index (κ2) is 3.81. The molecule has 1 aromatic rings. The summed E-state index contributed by atoms with van der Waals surface area (Å²) in [7, 11) is 0. The molecule has 0 aliphatic rings. The van der Waals surface area contributed by atoms with Gasteiger partial charge in [0.05, 0.1) is 0 Å². The maximum atomic E-state index is 3.66. The Kier molecular flexibility index (Phi) is 2.73. The van der Waals surface area contributed by atoms with E-state index in [1.165, 1.54) is 0 Å². The van der Waals surface area contributed by atoms with Gasteiger partial charge < -0.3 is 4.98 Å². The molecule has 0 fully saturated rings. The fourth-order valence-electron chi connectivity index (χ4n) is 0.960. The minimum Gasteiger partial charge on any atom is -0.361 e. The number of rotatable bonds is 4. The predicted molar refractivity (Wildman–Crippen MR) is 47.4 cm³/mol. The molecule has 1 rings (SSSR count). The van der Waals surface area contributed by atoms with E-state index in [-0.39, 0.29) is 0 Å². The van der Waals surface area contributed by atoms with Gasteiger partial charge >= 0.3 is 0 Å². The van der Waals surface area contributed by atoms with Crippen LogP contribution in [0.1, 0.15) is 11.4 Å². The van der Waals surface area contributed by atoms with E-state index in [4.69, 9.17) is 0 Å². The first-order chi connectivity index (χ1) is 5.36. The molecule has 1 aromatic heterocycles. The highest BCUT2D eigenvalue weighted by Gasteiger charge is 1.94. The smallest absolute Gasteiger partial charge is 0.0267 e. The average Bonchev–Trinajstić information content (AvgIpc) is 2.38. The van der Waals surface area contributed by atoms with Gasteiger partial charge in [0.15, 0.2) is 0 Å². The Morgan fingerprint density at radius 2 is 2.09 bits per heavy atom. The minimum atomic E-state index is 0.858. The third-order valence-electron chi connectivity index (χ3n) is 1.44. The van der Waals surface area contributed by atoms with Crippen LogP contribution in [0.4, 0.5) is 0 Å². The van der Waals surface area contributed by atoms with Gasteiger partial charge in [-0.05, 0) is 6.07 Å². The van der Waals surface area contributed by atoms with Gasteiger partial charge in [0.1, 0.15) is 0 Å². The average molecular weight is 146 g/mol. The quantitative estimate of drug-likeness (QED) is 0.627. The van der Waals surface area contributed by atoms with Crippen molar-refractivity contribution in [2.24, 2.45) is 0 Å². The maximum Gasteiger partial charge on any atom is 0.0267 e. The van der Waals surface area contributed by atoms with Gasteiger partial charge in [-0.2, -0.15) is 0 Å². The molecule has 0 atom stereocenters. The summed E-state index contributed by atoms with van der Waals surface area (Å²) in [6.07, 6.45) is 5.47. The molecule has 0 saturated heterocycles. The van der Waals surface area contributed by atoms with Crippen LogP contribution in [-0.4, -0.2) is 4.98 Å². The van der Waals surface area contributed by atoms with Crippen LogP contribution in [-0.2, 0) is 12.8 Å². The number of nitrogens with one attached hydrogen (secondary N) is 1. The molecule has 1 nitrogen and oxygen atoms in total. The topological polar surface area (TPSA) is 15.8 Å². The predicted octanol–water partition coefficient (Wildman–Crippen LogP) is 2.27. The summed E-state index contributed by atoms with van der Waals surface area (Å²) in [6.45, 7) is 7.31. The van der Waals surface area contributed by atoms with E-state index >= 15 is 0 Å². The Bertz CT molecular complexity index is 221. The highest BCUT2D eigenvalue weighted by Crippen LogP contribution is 2.02. The molecule has 57 valence electrons. The molecule has 1 radical (unpaired) electrons. The summed E-state index contributed by atoms with van der Waals surface area (Å²) in [5.74, 6) is 0. The van der Waals surface area contributed by atoms with Crippen LogP contribution in [0.3, 0.4) is 0 Å². The van der Waals surface area contributed by atoms with Crippen molar-refractivity contribution < 1.29 is 0 Å². The van der Waals surface area contributed by atoms with Crippen molar-refractivity contribution in [2.75, 3.05) is 0 Å². The zero-order chi connectivity index (χ0) is 8.10. The van der Waals surface area contributed by atoms with E-state index in [0.717, 1.165) is 24.2 Å². The number of aromatic amines is 1. The van der Waals surface area contributed by atoms with Crippen molar-refractivity contribution in [1.29, 1.82) is 0 Å². The van der Waals surface area contributed by atoms with E-state index in [1.54, 1.807) is 0 Å². The highest BCUT2D eigenvalue weighted by atomic mass is 14.7. The van der Waals surface area contributed by atoms with Crippen molar-refractivity contribution in [3.8, 4) is 0 Å². The summed E-state index contributed by atoms with van der Waals surface area (Å²) in [4.78, 5) is 3.22. The lowest BCUT2D eigenvalue weighted by Crippen LogP contribution is -1.83. The third-order valence-corrected chi connectivity index (χ3v) is 1.44. The second-order valence-electron chi connectivity index (χ2n) is 2.40. The van der Waals surface area contributed by atoms with Crippen molar-refractivity contribution >= 4 is 0 Å². The Balaban J connectivity index is 2.64. The molecular weight excluding hydrogens is 134 g/mol. The number of aromatic nitrogens is 1. The van der Waals surface area contributed by atoms with Crippen molar-refractivity contribution in [1.82, 2.24) is 4.98 Å². The van der Waals surface area contributed by atoms with Gasteiger partial charge in [0, 0.05) is 30.3 Å². The van der Waals surface area contributed by atoms with Gasteiger partial charge in [-0.25, -0.2) is 0 Å². The molecule has 11 heavy (non-hydrogen) atoms. The van der Waals surface area contributed by atoms with Crippen molar-refractivity contribution in [2.45, 2.75) is 12.8 Å². The first-order valence-electron chi connectivity index (χ1n) is 3.67. The van der Waals surface area contributed by atoms with E-state index in [1.807, 2.05) is 18.2 Å². The molecule has 0 aromatic carbocycles. The van der Waals surface area contributed by atoms with Gasteiger partial charge in [0.25, 0.3) is 0 Å². The fourth-order valence-corrected chi connectivity index (χ4v) is 0.960. The first kappa shape index (κ1) is 7.86. The number of H-pyrrole nitrogens is 1. The van der Waals surface area contributed by atoms with E-state index < -0.39 is 0 Å². The molecule has 1 heterocycles. The Labute approximate surface area is 67.5 Å². The monoisotopic (exact) mass is 146 g/mol. The van der Waals surface area contributed by atoms with Gasteiger partial charge in [-0.1, -0.05) is 12.2 Å². The molecule has 1 N–H and O–H groups in total.